The molecule has 0 radical (unpaired) electrons. The summed E-state index contributed by atoms with van der Waals surface area (Å²) in [7, 11) is 0. The van der Waals surface area contributed by atoms with E-state index in [0.717, 1.165) is 12.0 Å². The summed E-state index contributed by atoms with van der Waals surface area (Å²) in [5.74, 6) is -0.290. The van der Waals surface area contributed by atoms with Gasteiger partial charge < -0.3 is 16.0 Å². The van der Waals surface area contributed by atoms with Gasteiger partial charge >= 0.3 is 0 Å². The molecule has 0 saturated carbocycles. The second-order valence-electron chi connectivity index (χ2n) is 5.47. The molecule has 0 fully saturated rings. The fraction of sp³-hybridized carbons (Fsp3) is 0.333. The summed E-state index contributed by atoms with van der Waals surface area (Å²) in [5, 5.41) is 9.44. The van der Waals surface area contributed by atoms with Crippen molar-refractivity contribution in [3.63, 3.8) is 0 Å². The average Bonchev–Trinajstić information content (AvgIpc) is 3.13. The molecule has 24 heavy (non-hydrogen) atoms. The Morgan fingerprint density at radius 2 is 1.88 bits per heavy atom. The van der Waals surface area contributed by atoms with Gasteiger partial charge in [-0.15, -0.1) is 11.3 Å². The van der Waals surface area contributed by atoms with Crippen LogP contribution in [-0.2, 0) is 9.59 Å². The minimum absolute atomic E-state index is 0.0294. The third-order valence-electron chi connectivity index (χ3n) is 3.57. The second-order valence-corrected chi connectivity index (χ2v) is 6.45. The molecular weight excluding hydrogens is 322 g/mol. The Kier molecular flexibility index (Phi) is 7.45. The van der Waals surface area contributed by atoms with Gasteiger partial charge in [-0.05, 0) is 17.9 Å². The van der Waals surface area contributed by atoms with Crippen LogP contribution in [0.25, 0.3) is 0 Å². The predicted octanol–water partition coefficient (Wildman–Crippen LogP) is 1.04. The number of amides is 2. The number of hydrogen-bond donors (Lipinski definition) is 3. The van der Waals surface area contributed by atoms with Gasteiger partial charge in [0.05, 0.1) is 11.4 Å². The van der Waals surface area contributed by atoms with E-state index in [1.165, 1.54) is 4.88 Å². The van der Waals surface area contributed by atoms with Crippen LogP contribution >= 0.6 is 11.3 Å². The fourth-order valence-electron chi connectivity index (χ4n) is 2.35. The number of nitrogens with two attached hydrogens (primary N) is 1. The van der Waals surface area contributed by atoms with Crippen LogP contribution < -0.4 is 16.0 Å². The van der Waals surface area contributed by atoms with Gasteiger partial charge in [0.2, 0.25) is 5.91 Å². The third-order valence-corrected chi connectivity index (χ3v) is 4.52. The van der Waals surface area contributed by atoms with Gasteiger partial charge in [0, 0.05) is 12.1 Å². The fourth-order valence-corrected chi connectivity index (χ4v) is 3.20. The molecule has 0 saturated heterocycles. The van der Waals surface area contributed by atoms with Crippen molar-refractivity contribution in [3.05, 3.63) is 58.3 Å². The SMILES string of the molecule is CCCNC(=O)CNC(=O)C[NH2+][C@H](c1ccccc1)c1cccs1. The molecular formula is C18H24N3O2S+. The monoisotopic (exact) mass is 346 g/mol. The van der Waals surface area contributed by atoms with Crippen LogP contribution in [0.4, 0.5) is 0 Å². The molecule has 0 bridgehead atoms. The summed E-state index contributed by atoms with van der Waals surface area (Å²) in [4.78, 5) is 24.7. The van der Waals surface area contributed by atoms with Crippen molar-refractivity contribution in [2.24, 2.45) is 0 Å². The van der Waals surface area contributed by atoms with E-state index in [4.69, 9.17) is 0 Å². The van der Waals surface area contributed by atoms with E-state index in [9.17, 15) is 9.59 Å². The van der Waals surface area contributed by atoms with E-state index in [-0.39, 0.29) is 30.9 Å². The highest BCUT2D eigenvalue weighted by molar-refractivity contribution is 7.10. The number of nitrogens with one attached hydrogen (secondary N) is 2. The standard InChI is InChI=1S/C18H23N3O2S/c1-2-10-19-16(22)12-20-17(23)13-21-18(15-9-6-11-24-15)14-7-4-3-5-8-14/h3-9,11,18,21H,2,10,12-13H2,1H3,(H,19,22)(H,20,23)/p+1/t18-/m1/s1. The van der Waals surface area contributed by atoms with Crippen molar-refractivity contribution in [1.29, 1.82) is 0 Å². The lowest BCUT2D eigenvalue weighted by Crippen LogP contribution is -2.87. The molecule has 6 heteroatoms. The molecule has 2 aromatic rings. The van der Waals surface area contributed by atoms with Crippen molar-refractivity contribution >= 4 is 23.2 Å². The maximum atomic E-state index is 12.0. The quantitative estimate of drug-likeness (QED) is 0.635. The van der Waals surface area contributed by atoms with E-state index in [1.54, 1.807) is 11.3 Å². The molecule has 5 nitrogen and oxygen atoms in total. The van der Waals surface area contributed by atoms with Crippen LogP contribution in [0, 0.1) is 0 Å². The van der Waals surface area contributed by atoms with Crippen molar-refractivity contribution in [1.82, 2.24) is 10.6 Å². The van der Waals surface area contributed by atoms with Crippen LogP contribution in [-0.4, -0.2) is 31.4 Å². The number of carbonyl (C=O) groups excluding carboxylic acids is 2. The number of thiophene rings is 1. The van der Waals surface area contributed by atoms with Crippen LogP contribution in [0.3, 0.4) is 0 Å². The lowest BCUT2D eigenvalue weighted by atomic mass is 10.1. The van der Waals surface area contributed by atoms with Gasteiger partial charge in [-0.1, -0.05) is 43.3 Å². The van der Waals surface area contributed by atoms with Crippen molar-refractivity contribution in [2.45, 2.75) is 19.4 Å². The zero-order valence-corrected chi connectivity index (χ0v) is 14.6. The Bertz CT molecular complexity index is 629. The van der Waals surface area contributed by atoms with E-state index in [2.05, 4.69) is 28.8 Å². The van der Waals surface area contributed by atoms with Crippen LogP contribution in [0.15, 0.2) is 47.8 Å². The Morgan fingerprint density at radius 1 is 1.08 bits per heavy atom. The summed E-state index contributed by atoms with van der Waals surface area (Å²) in [5.41, 5.74) is 1.16. The lowest BCUT2D eigenvalue weighted by Gasteiger charge is -2.14. The molecule has 0 aliphatic heterocycles. The van der Waals surface area contributed by atoms with Crippen molar-refractivity contribution in [3.8, 4) is 0 Å². The predicted molar refractivity (Wildman–Crippen MR) is 95.7 cm³/mol. The van der Waals surface area contributed by atoms with Gasteiger partial charge in [-0.25, -0.2) is 0 Å². The molecule has 2 amide bonds. The maximum absolute atomic E-state index is 12.0. The number of quaternary nitrogens is 1. The summed E-state index contributed by atoms with van der Waals surface area (Å²) in [6, 6.07) is 14.3. The summed E-state index contributed by atoms with van der Waals surface area (Å²) < 4.78 is 0. The average molecular weight is 346 g/mol. The van der Waals surface area contributed by atoms with E-state index >= 15 is 0 Å². The Hall–Kier alpha value is -2.18. The molecule has 128 valence electrons. The Labute approximate surface area is 146 Å². The van der Waals surface area contributed by atoms with Crippen LogP contribution in [0.5, 0.6) is 0 Å². The molecule has 1 heterocycles. The van der Waals surface area contributed by atoms with Crippen molar-refractivity contribution in [2.75, 3.05) is 19.6 Å². The van der Waals surface area contributed by atoms with E-state index < -0.39 is 0 Å². The van der Waals surface area contributed by atoms with Crippen LogP contribution in [0.2, 0.25) is 0 Å². The molecule has 1 aromatic carbocycles. The highest BCUT2D eigenvalue weighted by Gasteiger charge is 2.19. The first-order valence-corrected chi connectivity index (χ1v) is 9.03. The minimum Gasteiger partial charge on any atom is -0.355 e. The number of carbonyl (C=O) groups is 2. The first-order chi connectivity index (χ1) is 11.7. The summed E-state index contributed by atoms with van der Waals surface area (Å²) >= 11 is 1.68. The third kappa shape index (κ3) is 5.79. The molecule has 0 spiro atoms. The highest BCUT2D eigenvalue weighted by atomic mass is 32.1. The van der Waals surface area contributed by atoms with Crippen molar-refractivity contribution < 1.29 is 14.9 Å². The normalized spacial score (nSPS) is 11.7. The first kappa shape index (κ1) is 18.2. The Morgan fingerprint density at radius 3 is 2.54 bits per heavy atom. The Balaban J connectivity index is 1.87. The van der Waals surface area contributed by atoms with Crippen LogP contribution in [0.1, 0.15) is 29.8 Å². The van der Waals surface area contributed by atoms with Gasteiger partial charge in [0.1, 0.15) is 6.04 Å². The number of benzene rings is 1. The zero-order chi connectivity index (χ0) is 17.2. The first-order valence-electron chi connectivity index (χ1n) is 8.15. The summed E-state index contributed by atoms with van der Waals surface area (Å²) in [6.45, 7) is 2.93. The summed E-state index contributed by atoms with van der Waals surface area (Å²) in [6.07, 6.45) is 0.882. The topological polar surface area (TPSA) is 74.8 Å². The van der Waals surface area contributed by atoms with E-state index in [1.807, 2.05) is 41.9 Å². The minimum atomic E-state index is -0.150. The van der Waals surface area contributed by atoms with E-state index in [0.29, 0.717) is 6.54 Å². The molecule has 0 unspecified atom stereocenters. The largest absolute Gasteiger partial charge is 0.355 e. The maximum Gasteiger partial charge on any atom is 0.275 e. The van der Waals surface area contributed by atoms with Gasteiger partial charge in [-0.2, -0.15) is 0 Å². The number of hydrogen-bond acceptors (Lipinski definition) is 3. The second kappa shape index (κ2) is 9.85. The van der Waals surface area contributed by atoms with Gasteiger partial charge in [0.25, 0.3) is 5.91 Å². The van der Waals surface area contributed by atoms with Gasteiger partial charge in [0.15, 0.2) is 6.54 Å². The molecule has 1 atom stereocenters. The molecule has 2 rings (SSSR count). The molecule has 0 aliphatic carbocycles. The smallest absolute Gasteiger partial charge is 0.275 e. The molecule has 4 N–H and O–H groups in total. The van der Waals surface area contributed by atoms with Gasteiger partial charge in [-0.3, -0.25) is 9.59 Å². The molecule has 0 aliphatic rings. The zero-order valence-electron chi connectivity index (χ0n) is 13.8. The number of rotatable bonds is 9. The lowest BCUT2D eigenvalue weighted by molar-refractivity contribution is -0.676. The molecule has 1 aromatic heterocycles. The highest BCUT2D eigenvalue weighted by Crippen LogP contribution is 2.22.